The molecule has 0 saturated carbocycles. The molecule has 2 N–H and O–H groups in total. The predicted molar refractivity (Wildman–Crippen MR) is 159 cm³/mol. The second-order valence-electron chi connectivity index (χ2n) is 10.6. The first kappa shape index (κ1) is 30.6. The normalized spacial score (nSPS) is 16.9. The molecule has 1 amide bonds. The van der Waals surface area contributed by atoms with Crippen LogP contribution in [0, 0.1) is 11.3 Å². The van der Waals surface area contributed by atoms with Gasteiger partial charge in [0.15, 0.2) is 5.52 Å². The van der Waals surface area contributed by atoms with Gasteiger partial charge >= 0.3 is 6.18 Å². The number of rotatable bonds is 9. The molecule has 44 heavy (non-hydrogen) atoms. The lowest BCUT2D eigenvalue weighted by Crippen LogP contribution is -2.39. The van der Waals surface area contributed by atoms with E-state index in [0.29, 0.717) is 53.3 Å². The van der Waals surface area contributed by atoms with E-state index in [0.717, 1.165) is 24.2 Å². The first-order valence-electron chi connectivity index (χ1n) is 14.4. The molecule has 1 aliphatic rings. The maximum absolute atomic E-state index is 13.7. The number of anilines is 2. The second kappa shape index (κ2) is 12.0. The van der Waals surface area contributed by atoms with Gasteiger partial charge in [-0.25, -0.2) is 4.98 Å². The lowest BCUT2D eigenvalue weighted by Gasteiger charge is -2.29. The van der Waals surface area contributed by atoms with Crippen molar-refractivity contribution in [3.63, 3.8) is 0 Å². The molecule has 10 nitrogen and oxygen atoms in total. The van der Waals surface area contributed by atoms with Crippen LogP contribution >= 0.6 is 0 Å². The maximum Gasteiger partial charge on any atom is 0.417 e. The molecule has 0 radical (unpaired) electrons. The minimum atomic E-state index is -4.74. The molecule has 5 rings (SSSR count). The van der Waals surface area contributed by atoms with Crippen LogP contribution in [0.5, 0.6) is 5.75 Å². The van der Waals surface area contributed by atoms with Gasteiger partial charge in [-0.1, -0.05) is 20.3 Å². The lowest BCUT2D eigenvalue weighted by atomic mass is 10.0. The minimum absolute atomic E-state index is 0.0412. The van der Waals surface area contributed by atoms with Crippen molar-refractivity contribution < 1.29 is 22.7 Å². The van der Waals surface area contributed by atoms with E-state index in [1.54, 1.807) is 31.3 Å². The topological polar surface area (TPSA) is 129 Å². The molecule has 13 heteroatoms. The predicted octanol–water partition coefficient (Wildman–Crippen LogP) is 5.56. The van der Waals surface area contributed by atoms with Crippen LogP contribution in [0.4, 0.5) is 24.5 Å². The fraction of sp³-hybridized carbons (Fsp3) is 0.387. The molecule has 1 saturated heterocycles. The average Bonchev–Trinajstić information content (AvgIpc) is 3.48. The largest absolute Gasteiger partial charge is 0.493 e. The Morgan fingerprint density at radius 1 is 1.16 bits per heavy atom. The molecular weight excluding hydrogens is 575 g/mol. The van der Waals surface area contributed by atoms with Crippen molar-refractivity contribution in [3.8, 4) is 23.2 Å². The van der Waals surface area contributed by atoms with Crippen molar-refractivity contribution in [3.05, 3.63) is 63.6 Å². The summed E-state index contributed by atoms with van der Waals surface area (Å²) in [6.07, 6.45) is -2.76. The number of hydrogen-bond donors (Lipinski definition) is 2. The van der Waals surface area contributed by atoms with E-state index in [2.05, 4.69) is 15.4 Å². The van der Waals surface area contributed by atoms with Crippen LogP contribution in [-0.4, -0.2) is 44.3 Å². The van der Waals surface area contributed by atoms with Gasteiger partial charge in [-0.15, -0.1) is 0 Å². The van der Waals surface area contributed by atoms with Crippen LogP contribution in [0.15, 0.2) is 41.2 Å². The summed E-state index contributed by atoms with van der Waals surface area (Å²) in [5, 5.41) is 17.0. The highest BCUT2D eigenvalue weighted by Crippen LogP contribution is 2.38. The second-order valence-corrected chi connectivity index (χ2v) is 10.6. The summed E-state index contributed by atoms with van der Waals surface area (Å²) in [6.45, 7) is 6.09. The number of nitrogens with one attached hydrogen (secondary N) is 2. The number of aromatic nitrogens is 4. The van der Waals surface area contributed by atoms with Gasteiger partial charge < -0.3 is 19.9 Å². The molecule has 1 fully saturated rings. The molecule has 0 aliphatic carbocycles. The Morgan fingerprint density at radius 3 is 2.59 bits per heavy atom. The van der Waals surface area contributed by atoms with E-state index in [1.807, 2.05) is 20.8 Å². The molecule has 1 aliphatic heterocycles. The van der Waals surface area contributed by atoms with E-state index in [9.17, 15) is 28.0 Å². The van der Waals surface area contributed by atoms with Crippen LogP contribution in [0.2, 0.25) is 0 Å². The fourth-order valence-corrected chi connectivity index (χ4v) is 5.83. The van der Waals surface area contributed by atoms with Gasteiger partial charge in [0.25, 0.3) is 5.56 Å². The van der Waals surface area contributed by atoms with E-state index in [-0.39, 0.29) is 23.6 Å². The highest BCUT2D eigenvalue weighted by atomic mass is 19.4. The van der Waals surface area contributed by atoms with Crippen molar-refractivity contribution in [2.45, 2.75) is 64.7 Å². The number of hydrogen-bond acceptors (Lipinski definition) is 7. The van der Waals surface area contributed by atoms with Gasteiger partial charge in [0, 0.05) is 24.8 Å². The summed E-state index contributed by atoms with van der Waals surface area (Å²) in [5.74, 6) is 0.457. The van der Waals surface area contributed by atoms with Crippen molar-refractivity contribution in [2.24, 2.45) is 7.05 Å². The molecule has 0 unspecified atom stereocenters. The summed E-state index contributed by atoms with van der Waals surface area (Å²) in [7, 11) is 1.70. The van der Waals surface area contributed by atoms with Crippen molar-refractivity contribution in [2.75, 3.05) is 16.8 Å². The molecule has 230 valence electrons. The molecule has 2 atom stereocenters. The van der Waals surface area contributed by atoms with Crippen LogP contribution in [0.3, 0.4) is 0 Å². The number of benzene rings is 2. The summed E-state index contributed by atoms with van der Waals surface area (Å²) in [6, 6.07) is 9.29. The zero-order valence-electron chi connectivity index (χ0n) is 24.7. The highest BCUT2D eigenvalue weighted by Gasteiger charge is 2.41. The number of alkyl halides is 3. The summed E-state index contributed by atoms with van der Waals surface area (Å²) >= 11 is 0. The Balaban J connectivity index is 1.51. The summed E-state index contributed by atoms with van der Waals surface area (Å²) in [5.41, 5.74) is 0.896. The zero-order chi connectivity index (χ0) is 31.8. The molecular formula is C31H32F3N7O3. The van der Waals surface area contributed by atoms with E-state index in [4.69, 9.17) is 9.72 Å². The highest BCUT2D eigenvalue weighted by molar-refractivity contribution is 5.98. The number of nitrogens with zero attached hydrogens (tertiary/aromatic N) is 5. The third kappa shape index (κ3) is 5.59. The van der Waals surface area contributed by atoms with Crippen LogP contribution < -0.4 is 20.5 Å². The lowest BCUT2D eigenvalue weighted by molar-refractivity contribution is -0.137. The number of aryl methyl sites for hydroxylation is 2. The number of aromatic amines is 1. The third-order valence-electron chi connectivity index (χ3n) is 7.72. The quantitative estimate of drug-likeness (QED) is 0.255. The van der Waals surface area contributed by atoms with Crippen molar-refractivity contribution >= 4 is 28.3 Å². The Morgan fingerprint density at radius 2 is 1.93 bits per heavy atom. The first-order valence-corrected chi connectivity index (χ1v) is 14.4. The molecule has 2 aromatic heterocycles. The third-order valence-corrected chi connectivity index (χ3v) is 7.72. The SMILES string of the molecule is CCCc1nn(C)c2c(=O)[nH]c(-c3cc(N[C@H]4CC(=O)N(c5ccc(C#N)c(C(F)(F)F)c5)[C@@H]4CC)ccc3OCC)nc12. The van der Waals surface area contributed by atoms with Gasteiger partial charge in [0.2, 0.25) is 5.91 Å². The van der Waals surface area contributed by atoms with Gasteiger partial charge in [-0.3, -0.25) is 14.3 Å². The zero-order valence-corrected chi connectivity index (χ0v) is 24.7. The fourth-order valence-electron chi connectivity index (χ4n) is 5.83. The number of ether oxygens (including phenoxy) is 1. The Labute approximate surface area is 251 Å². The van der Waals surface area contributed by atoms with E-state index in [1.165, 1.54) is 15.6 Å². The molecule has 0 spiro atoms. The van der Waals surface area contributed by atoms with E-state index < -0.39 is 29.4 Å². The van der Waals surface area contributed by atoms with Gasteiger partial charge in [0.05, 0.1) is 47.1 Å². The minimum Gasteiger partial charge on any atom is -0.493 e. The van der Waals surface area contributed by atoms with Crippen molar-refractivity contribution in [1.82, 2.24) is 19.7 Å². The molecule has 4 aromatic rings. The van der Waals surface area contributed by atoms with Crippen LogP contribution in [0.25, 0.3) is 22.4 Å². The van der Waals surface area contributed by atoms with E-state index >= 15 is 0 Å². The Hall–Kier alpha value is -4.86. The number of halogens is 3. The number of nitriles is 1. The van der Waals surface area contributed by atoms with Crippen molar-refractivity contribution in [1.29, 1.82) is 5.26 Å². The standard InChI is InChI=1S/C31H32F3N7O3/c1-5-8-22-27-28(40(4)39-22)30(43)38-29(37-27)20-13-18(10-12-25(20)44-7-3)36-23-15-26(42)41(24(23)6-2)19-11-9-17(16-35)21(14-19)31(32,33)34/h9-14,23-24,36H,5-8,15H2,1-4H3,(H,37,38,43)/t23-,24+/m0/s1. The number of carbonyl (C=O) groups excluding carboxylic acids is 1. The maximum atomic E-state index is 13.7. The Kier molecular flexibility index (Phi) is 8.36. The van der Waals surface area contributed by atoms with Gasteiger partial charge in [-0.05, 0) is 56.2 Å². The molecule has 0 bridgehead atoms. The summed E-state index contributed by atoms with van der Waals surface area (Å²) < 4.78 is 48.4. The average molecular weight is 608 g/mol. The van der Waals surface area contributed by atoms with Gasteiger partial charge in [0.1, 0.15) is 17.1 Å². The molecule has 2 aromatic carbocycles. The molecule has 3 heterocycles. The van der Waals surface area contributed by atoms with Gasteiger partial charge in [-0.2, -0.15) is 23.5 Å². The monoisotopic (exact) mass is 607 g/mol. The number of amides is 1. The smallest absolute Gasteiger partial charge is 0.417 e. The van der Waals surface area contributed by atoms with Crippen LogP contribution in [-0.2, 0) is 24.4 Å². The number of H-pyrrole nitrogens is 1. The Bertz CT molecular complexity index is 1820. The summed E-state index contributed by atoms with van der Waals surface area (Å²) in [4.78, 5) is 35.3. The number of fused-ring (bicyclic) bond motifs is 1. The van der Waals surface area contributed by atoms with Crippen LogP contribution in [0.1, 0.15) is 56.9 Å². The first-order chi connectivity index (χ1) is 21.0. The number of carbonyl (C=O) groups is 1.